The fraction of sp³-hybridized carbons (Fsp3) is 0.643. The Morgan fingerprint density at radius 1 is 1.23 bits per heavy atom. The van der Waals surface area contributed by atoms with Gasteiger partial charge < -0.3 is 14.8 Å². The van der Waals surface area contributed by atoms with Crippen LogP contribution in [0.15, 0.2) is 12.2 Å². The normalized spacial score (nSPS) is 13.1. The lowest BCUT2D eigenvalue weighted by Crippen LogP contribution is -2.58. The van der Waals surface area contributed by atoms with E-state index in [0.717, 1.165) is 0 Å². The van der Waals surface area contributed by atoms with Crippen molar-refractivity contribution >= 4 is 18.3 Å². The Morgan fingerprint density at radius 2 is 1.82 bits per heavy atom. The summed E-state index contributed by atoms with van der Waals surface area (Å²) in [6.45, 7) is 6.78. The number of hydrogen-bond acceptors (Lipinski definition) is 5. The topological polar surface area (TPSA) is 81.7 Å². The minimum absolute atomic E-state index is 0.0156. The van der Waals surface area contributed by atoms with Crippen LogP contribution in [-0.4, -0.2) is 43.5 Å². The monoisotopic (exact) mass is 321 g/mol. The van der Waals surface area contributed by atoms with E-state index in [9.17, 15) is 23.2 Å². The average molecular weight is 321 g/mol. The zero-order valence-corrected chi connectivity index (χ0v) is 12.7. The fourth-order valence-corrected chi connectivity index (χ4v) is 1.77. The SMILES string of the molecule is C=C(CCC(=O)OCC)CC(NC=O)(C(=O)OCC)C(F)F. The van der Waals surface area contributed by atoms with Gasteiger partial charge in [-0.15, -0.1) is 0 Å². The molecule has 6 nitrogen and oxygen atoms in total. The van der Waals surface area contributed by atoms with Crippen molar-refractivity contribution in [2.24, 2.45) is 0 Å². The number of rotatable bonds is 11. The molecule has 1 unspecified atom stereocenters. The zero-order valence-electron chi connectivity index (χ0n) is 12.7. The third kappa shape index (κ3) is 5.79. The highest BCUT2D eigenvalue weighted by atomic mass is 19.3. The van der Waals surface area contributed by atoms with Gasteiger partial charge in [0.05, 0.1) is 13.2 Å². The van der Waals surface area contributed by atoms with Crippen LogP contribution in [0.4, 0.5) is 8.78 Å². The quantitative estimate of drug-likeness (QED) is 0.355. The molecular weight excluding hydrogens is 300 g/mol. The third-order valence-corrected chi connectivity index (χ3v) is 2.85. The second kappa shape index (κ2) is 9.86. The maximum absolute atomic E-state index is 13.3. The molecule has 8 heteroatoms. The number of hydrogen-bond donors (Lipinski definition) is 1. The molecular formula is C14H21F2NO5. The number of ether oxygens (including phenoxy) is 2. The second-order valence-corrected chi connectivity index (χ2v) is 4.49. The number of nitrogens with one attached hydrogen (secondary N) is 1. The van der Waals surface area contributed by atoms with Crippen molar-refractivity contribution in [1.29, 1.82) is 0 Å². The number of esters is 2. The first-order valence-electron chi connectivity index (χ1n) is 6.83. The van der Waals surface area contributed by atoms with Crippen LogP contribution in [0.5, 0.6) is 0 Å². The van der Waals surface area contributed by atoms with Crippen molar-refractivity contribution in [2.75, 3.05) is 13.2 Å². The summed E-state index contributed by atoms with van der Waals surface area (Å²) < 4.78 is 36.0. The lowest BCUT2D eigenvalue weighted by atomic mass is 9.89. The van der Waals surface area contributed by atoms with E-state index in [1.54, 1.807) is 6.92 Å². The van der Waals surface area contributed by atoms with E-state index >= 15 is 0 Å². The Kier molecular flexibility index (Phi) is 8.97. The molecule has 0 fully saturated rings. The maximum atomic E-state index is 13.3. The first-order valence-corrected chi connectivity index (χ1v) is 6.83. The lowest BCUT2D eigenvalue weighted by Gasteiger charge is -2.30. The van der Waals surface area contributed by atoms with Gasteiger partial charge in [0, 0.05) is 12.8 Å². The van der Waals surface area contributed by atoms with Crippen molar-refractivity contribution < 1.29 is 32.6 Å². The number of amides is 1. The van der Waals surface area contributed by atoms with E-state index in [0.29, 0.717) is 0 Å². The van der Waals surface area contributed by atoms with Gasteiger partial charge in [-0.2, -0.15) is 0 Å². The summed E-state index contributed by atoms with van der Waals surface area (Å²) in [6, 6.07) is 0. The number of alkyl halides is 2. The third-order valence-electron chi connectivity index (χ3n) is 2.85. The summed E-state index contributed by atoms with van der Waals surface area (Å²) in [5.41, 5.74) is -2.29. The highest BCUT2D eigenvalue weighted by Gasteiger charge is 2.49. The van der Waals surface area contributed by atoms with Crippen LogP contribution < -0.4 is 5.32 Å². The van der Waals surface area contributed by atoms with Crippen molar-refractivity contribution in [3.63, 3.8) is 0 Å². The van der Waals surface area contributed by atoms with Gasteiger partial charge in [-0.1, -0.05) is 12.2 Å². The first-order chi connectivity index (χ1) is 10.3. The summed E-state index contributed by atoms with van der Waals surface area (Å²) in [5.74, 6) is -1.74. The van der Waals surface area contributed by atoms with Gasteiger partial charge in [0.1, 0.15) is 0 Å². The van der Waals surface area contributed by atoms with E-state index in [1.165, 1.54) is 6.92 Å². The van der Waals surface area contributed by atoms with E-state index in [4.69, 9.17) is 4.74 Å². The van der Waals surface area contributed by atoms with Gasteiger partial charge in [0.15, 0.2) is 0 Å². The van der Waals surface area contributed by atoms with Gasteiger partial charge in [-0.3, -0.25) is 9.59 Å². The Morgan fingerprint density at radius 3 is 2.27 bits per heavy atom. The molecule has 0 saturated heterocycles. The fourth-order valence-electron chi connectivity index (χ4n) is 1.77. The molecule has 126 valence electrons. The van der Waals surface area contributed by atoms with Crippen molar-refractivity contribution in [1.82, 2.24) is 5.32 Å². The molecule has 0 aliphatic rings. The molecule has 0 aromatic rings. The van der Waals surface area contributed by atoms with Gasteiger partial charge in [-0.05, 0) is 20.3 Å². The van der Waals surface area contributed by atoms with Crippen LogP contribution in [0.3, 0.4) is 0 Å². The smallest absolute Gasteiger partial charge is 0.338 e. The van der Waals surface area contributed by atoms with Gasteiger partial charge >= 0.3 is 11.9 Å². The molecule has 1 atom stereocenters. The maximum Gasteiger partial charge on any atom is 0.338 e. The Bertz CT molecular complexity index is 414. The largest absolute Gasteiger partial charge is 0.466 e. The predicted molar refractivity (Wildman–Crippen MR) is 74.2 cm³/mol. The molecule has 0 spiro atoms. The van der Waals surface area contributed by atoms with E-state index < -0.39 is 30.3 Å². The Hall–Kier alpha value is -1.99. The van der Waals surface area contributed by atoms with Crippen LogP contribution in [0.2, 0.25) is 0 Å². The van der Waals surface area contributed by atoms with E-state index in [1.807, 2.05) is 5.32 Å². The summed E-state index contributed by atoms with van der Waals surface area (Å²) in [5, 5.41) is 1.84. The minimum Gasteiger partial charge on any atom is -0.466 e. The van der Waals surface area contributed by atoms with Crippen molar-refractivity contribution in [3.8, 4) is 0 Å². The summed E-state index contributed by atoms with van der Waals surface area (Å²) in [4.78, 5) is 33.7. The first kappa shape index (κ1) is 20.0. The van der Waals surface area contributed by atoms with Crippen LogP contribution in [-0.2, 0) is 23.9 Å². The van der Waals surface area contributed by atoms with E-state index in [2.05, 4.69) is 11.3 Å². The molecule has 0 aromatic carbocycles. The molecule has 1 amide bonds. The van der Waals surface area contributed by atoms with Gasteiger partial charge in [0.2, 0.25) is 11.9 Å². The summed E-state index contributed by atoms with van der Waals surface area (Å²) in [7, 11) is 0. The molecule has 0 rings (SSSR count). The highest BCUT2D eigenvalue weighted by molar-refractivity contribution is 5.84. The highest BCUT2D eigenvalue weighted by Crippen LogP contribution is 2.27. The van der Waals surface area contributed by atoms with Crippen molar-refractivity contribution in [2.45, 2.75) is 45.1 Å². The lowest BCUT2D eigenvalue weighted by molar-refractivity contribution is -0.159. The number of carbonyl (C=O) groups excluding carboxylic acids is 3. The zero-order chi connectivity index (χ0) is 17.2. The molecule has 0 aliphatic carbocycles. The molecule has 0 aliphatic heterocycles. The molecule has 0 bridgehead atoms. The molecule has 0 radical (unpaired) electrons. The molecule has 0 heterocycles. The molecule has 1 N–H and O–H groups in total. The molecule has 0 aromatic heterocycles. The standard InChI is InChI=1S/C14H21F2NO5/c1-4-21-11(19)7-6-10(3)8-14(12(15)16,17-9-18)13(20)22-5-2/h9,12H,3-8H2,1-2H3,(H,17,18). The van der Waals surface area contributed by atoms with Crippen LogP contribution in [0.1, 0.15) is 33.1 Å². The molecule has 22 heavy (non-hydrogen) atoms. The van der Waals surface area contributed by atoms with Gasteiger partial charge in [0.25, 0.3) is 6.43 Å². The molecule has 0 saturated carbocycles. The number of carbonyl (C=O) groups is 3. The van der Waals surface area contributed by atoms with Crippen LogP contribution >= 0.6 is 0 Å². The predicted octanol–water partition coefficient (Wildman–Crippen LogP) is 1.59. The van der Waals surface area contributed by atoms with Gasteiger partial charge in [-0.25, -0.2) is 13.6 Å². The summed E-state index contributed by atoms with van der Waals surface area (Å²) in [6.07, 6.45) is -3.68. The second-order valence-electron chi connectivity index (χ2n) is 4.49. The van der Waals surface area contributed by atoms with Crippen molar-refractivity contribution in [3.05, 3.63) is 12.2 Å². The number of halogens is 2. The summed E-state index contributed by atoms with van der Waals surface area (Å²) >= 11 is 0. The van der Waals surface area contributed by atoms with Crippen LogP contribution in [0, 0.1) is 0 Å². The van der Waals surface area contributed by atoms with E-state index in [-0.39, 0.29) is 38.0 Å². The Balaban J connectivity index is 4.96. The van der Waals surface area contributed by atoms with Crippen LogP contribution in [0.25, 0.3) is 0 Å². The minimum atomic E-state index is -3.18. The Labute approximate surface area is 127 Å². The average Bonchev–Trinajstić information content (AvgIpc) is 2.44.